The highest BCUT2D eigenvalue weighted by molar-refractivity contribution is 5.89. The summed E-state index contributed by atoms with van der Waals surface area (Å²) in [5, 5.41) is 6.51. The molecule has 1 heterocycles. The Bertz CT molecular complexity index is 723. The van der Waals surface area contributed by atoms with Crippen LogP contribution >= 0.6 is 0 Å². The van der Waals surface area contributed by atoms with Crippen LogP contribution in [0.3, 0.4) is 0 Å². The number of hydrogen-bond donors (Lipinski definition) is 2. The maximum Gasteiger partial charge on any atom is 0.243 e. The lowest BCUT2D eigenvalue weighted by atomic mass is 9.42. The van der Waals surface area contributed by atoms with Crippen LogP contribution in [0.2, 0.25) is 0 Å². The first-order chi connectivity index (χ1) is 12.9. The fourth-order valence-electron chi connectivity index (χ4n) is 7.90. The molecule has 4 heteroatoms. The van der Waals surface area contributed by atoms with Crippen molar-refractivity contribution in [1.82, 2.24) is 10.6 Å². The Kier molecular flexibility index (Phi) is 4.34. The van der Waals surface area contributed by atoms with Gasteiger partial charge in [-0.1, -0.05) is 26.8 Å². The molecule has 28 heavy (non-hydrogen) atoms. The van der Waals surface area contributed by atoms with Gasteiger partial charge < -0.3 is 10.6 Å². The van der Waals surface area contributed by atoms with Crippen LogP contribution in [0.25, 0.3) is 0 Å². The summed E-state index contributed by atoms with van der Waals surface area (Å²) in [7, 11) is 0. The zero-order valence-corrected chi connectivity index (χ0v) is 18.5. The molecule has 156 valence electrons. The van der Waals surface area contributed by atoms with Crippen LogP contribution in [0.15, 0.2) is 12.2 Å². The van der Waals surface area contributed by atoms with Crippen LogP contribution in [0, 0.1) is 34.0 Å². The van der Waals surface area contributed by atoms with Gasteiger partial charge in [-0.05, 0) is 88.0 Å². The van der Waals surface area contributed by atoms with Crippen LogP contribution in [0.1, 0.15) is 80.1 Å². The Morgan fingerprint density at radius 3 is 2.39 bits per heavy atom. The minimum absolute atomic E-state index is 0.0357. The van der Waals surface area contributed by atoms with Crippen molar-refractivity contribution in [1.29, 1.82) is 0 Å². The molecule has 4 aliphatic rings. The van der Waals surface area contributed by atoms with E-state index in [2.05, 4.69) is 58.3 Å². The molecule has 0 saturated heterocycles. The van der Waals surface area contributed by atoms with Crippen LogP contribution in [-0.2, 0) is 9.59 Å². The summed E-state index contributed by atoms with van der Waals surface area (Å²) in [6, 6.07) is 0.258. The highest BCUT2D eigenvalue weighted by Crippen LogP contribution is 2.70. The Balaban J connectivity index is 1.64. The molecule has 3 fully saturated rings. The largest absolute Gasteiger partial charge is 0.351 e. The molecule has 1 aliphatic heterocycles. The molecule has 2 N–H and O–H groups in total. The average molecular weight is 387 g/mol. The zero-order valence-electron chi connectivity index (χ0n) is 18.5. The molecule has 0 spiro atoms. The van der Waals surface area contributed by atoms with E-state index in [9.17, 15) is 9.59 Å². The molecule has 3 aliphatic carbocycles. The number of amides is 2. The molecule has 0 aromatic heterocycles. The van der Waals surface area contributed by atoms with E-state index in [1.54, 1.807) is 6.08 Å². The van der Waals surface area contributed by atoms with Crippen LogP contribution in [0.5, 0.6) is 0 Å². The second-order valence-corrected chi connectivity index (χ2v) is 11.8. The average Bonchev–Trinajstić information content (AvgIpc) is 2.93. The van der Waals surface area contributed by atoms with E-state index < -0.39 is 0 Å². The van der Waals surface area contributed by atoms with E-state index in [0.717, 1.165) is 38.5 Å². The molecule has 0 aromatic rings. The van der Waals surface area contributed by atoms with Gasteiger partial charge in [0.15, 0.2) is 0 Å². The molecule has 4 rings (SSSR count). The van der Waals surface area contributed by atoms with Gasteiger partial charge >= 0.3 is 0 Å². The molecule has 3 saturated carbocycles. The van der Waals surface area contributed by atoms with Crippen molar-refractivity contribution in [3.05, 3.63) is 12.2 Å². The van der Waals surface area contributed by atoms with Crippen molar-refractivity contribution in [2.75, 3.05) is 0 Å². The minimum atomic E-state index is -0.177. The summed E-state index contributed by atoms with van der Waals surface area (Å²) in [6.45, 7) is 13.5. The van der Waals surface area contributed by atoms with Crippen molar-refractivity contribution in [2.24, 2.45) is 34.0 Å². The number of rotatable bonds is 1. The molecule has 4 nitrogen and oxygen atoms in total. The van der Waals surface area contributed by atoms with E-state index in [0.29, 0.717) is 11.8 Å². The van der Waals surface area contributed by atoms with E-state index >= 15 is 0 Å². The number of fused-ring (bicyclic) bond motifs is 5. The topological polar surface area (TPSA) is 58.2 Å². The van der Waals surface area contributed by atoms with Crippen molar-refractivity contribution >= 4 is 11.8 Å². The summed E-state index contributed by atoms with van der Waals surface area (Å²) in [6.07, 6.45) is 10.6. The third kappa shape index (κ3) is 2.77. The smallest absolute Gasteiger partial charge is 0.243 e. The van der Waals surface area contributed by atoms with Gasteiger partial charge in [-0.25, -0.2) is 0 Å². The van der Waals surface area contributed by atoms with Crippen molar-refractivity contribution in [3.8, 4) is 0 Å². The SMILES string of the molecule is CC(C)(C)NC(=O)[C@H]1CCC2[C@]3(C)CCC4NC(=O)C=C[C@]4(C)C3CC[C@@]21C. The predicted octanol–water partition coefficient (Wildman–Crippen LogP) is 4.20. The van der Waals surface area contributed by atoms with Gasteiger partial charge in [-0.3, -0.25) is 9.59 Å². The van der Waals surface area contributed by atoms with E-state index in [4.69, 9.17) is 0 Å². The summed E-state index contributed by atoms with van der Waals surface area (Å²) in [5.74, 6) is 1.59. The molecule has 0 radical (unpaired) electrons. The van der Waals surface area contributed by atoms with Crippen molar-refractivity contribution in [2.45, 2.75) is 91.6 Å². The fraction of sp³-hybridized carbons (Fsp3) is 0.833. The molecule has 0 aromatic carbocycles. The Hall–Kier alpha value is -1.32. The van der Waals surface area contributed by atoms with Crippen molar-refractivity contribution < 1.29 is 9.59 Å². The van der Waals surface area contributed by atoms with Gasteiger partial charge in [0.2, 0.25) is 11.8 Å². The normalized spacial score (nSPS) is 47.6. The zero-order chi connectivity index (χ0) is 20.5. The summed E-state index contributed by atoms with van der Waals surface area (Å²) >= 11 is 0. The molecular formula is C24H38N2O2. The second kappa shape index (κ2) is 6.09. The van der Waals surface area contributed by atoms with Crippen LogP contribution in [-0.4, -0.2) is 23.4 Å². The Labute approximate surface area is 170 Å². The number of carbonyl (C=O) groups excluding carboxylic acids is 2. The van der Waals surface area contributed by atoms with Gasteiger partial charge in [-0.15, -0.1) is 0 Å². The summed E-state index contributed by atoms with van der Waals surface area (Å²) in [5.41, 5.74) is 0.185. The Morgan fingerprint density at radius 2 is 1.71 bits per heavy atom. The first-order valence-electron chi connectivity index (χ1n) is 11.2. The third-order valence-electron chi connectivity index (χ3n) is 9.10. The van der Waals surface area contributed by atoms with E-state index in [1.807, 2.05) is 0 Å². The standard InChI is InChI=1S/C24H38N2O2/c1-21(2,3)26-20(28)15-7-8-16-22(15,4)12-9-17-23(16,5)13-10-18-24(17,6)14-11-19(27)25-18/h11,14-18H,7-10,12-13H2,1-6H3,(H,25,27)(H,26,28)/t15-,16?,17?,18?,22-,23+,24-/m1/s1. The summed E-state index contributed by atoms with van der Waals surface area (Å²) < 4.78 is 0. The fourth-order valence-corrected chi connectivity index (χ4v) is 7.90. The quantitative estimate of drug-likeness (QED) is 0.709. The number of hydrogen-bond acceptors (Lipinski definition) is 2. The maximum absolute atomic E-state index is 13.1. The number of nitrogens with one attached hydrogen (secondary N) is 2. The second-order valence-electron chi connectivity index (χ2n) is 11.8. The third-order valence-corrected chi connectivity index (χ3v) is 9.10. The maximum atomic E-state index is 13.1. The van der Waals surface area contributed by atoms with E-state index in [-0.39, 0.29) is 45.6 Å². The van der Waals surface area contributed by atoms with Gasteiger partial charge in [0.1, 0.15) is 0 Å². The van der Waals surface area contributed by atoms with E-state index in [1.165, 1.54) is 0 Å². The lowest BCUT2D eigenvalue weighted by Gasteiger charge is -2.64. The lowest BCUT2D eigenvalue weighted by Crippen LogP contribution is -2.63. The molecule has 7 atom stereocenters. The minimum Gasteiger partial charge on any atom is -0.351 e. The molecule has 0 bridgehead atoms. The lowest BCUT2D eigenvalue weighted by molar-refractivity contribution is -0.148. The highest BCUT2D eigenvalue weighted by Gasteiger charge is 2.65. The first kappa shape index (κ1) is 20.0. The number of carbonyl (C=O) groups is 2. The molecular weight excluding hydrogens is 348 g/mol. The monoisotopic (exact) mass is 386 g/mol. The first-order valence-corrected chi connectivity index (χ1v) is 11.2. The molecule has 3 unspecified atom stereocenters. The summed E-state index contributed by atoms with van der Waals surface area (Å²) in [4.78, 5) is 25.1. The van der Waals surface area contributed by atoms with Crippen molar-refractivity contribution in [3.63, 3.8) is 0 Å². The van der Waals surface area contributed by atoms with Gasteiger partial charge in [-0.2, -0.15) is 0 Å². The van der Waals surface area contributed by atoms with Gasteiger partial charge in [0.05, 0.1) is 0 Å². The van der Waals surface area contributed by atoms with Gasteiger partial charge in [0.25, 0.3) is 0 Å². The highest BCUT2D eigenvalue weighted by atomic mass is 16.2. The van der Waals surface area contributed by atoms with Gasteiger partial charge in [0, 0.05) is 22.9 Å². The van der Waals surface area contributed by atoms with Crippen LogP contribution in [0.4, 0.5) is 0 Å². The molecule has 2 amide bonds. The Morgan fingerprint density at radius 1 is 1.04 bits per heavy atom. The van der Waals surface area contributed by atoms with Crippen LogP contribution < -0.4 is 10.6 Å². The predicted molar refractivity (Wildman–Crippen MR) is 111 cm³/mol.